The minimum Gasteiger partial charge on any atom is -0.362 e. The van der Waals surface area contributed by atoms with E-state index in [2.05, 4.69) is 51.6 Å². The summed E-state index contributed by atoms with van der Waals surface area (Å²) in [6.07, 6.45) is 0. The summed E-state index contributed by atoms with van der Waals surface area (Å²) in [5.41, 5.74) is 1.28. The van der Waals surface area contributed by atoms with Crippen LogP contribution in [0.5, 0.6) is 5.75 Å². The highest BCUT2D eigenvalue weighted by Gasteiger charge is 2.19. The number of ketones is 1. The van der Waals surface area contributed by atoms with Crippen molar-refractivity contribution in [2.75, 3.05) is 13.7 Å². The second-order valence-corrected chi connectivity index (χ2v) is 7.63. The second-order valence-electron chi connectivity index (χ2n) is 4.90. The fourth-order valence-corrected chi connectivity index (χ4v) is 3.79. The molecule has 0 aliphatic heterocycles. The highest BCUT2D eigenvalue weighted by molar-refractivity contribution is 9.11. The molecule has 11 heteroatoms. The lowest BCUT2D eigenvalue weighted by Gasteiger charge is -2.09. The quantitative estimate of drug-likeness (QED) is 0.334. The molecule has 0 atom stereocenters. The van der Waals surface area contributed by atoms with E-state index in [1.165, 1.54) is 12.1 Å². The Morgan fingerprint density at radius 1 is 1.19 bits per heavy atom. The minimum absolute atomic E-state index is 0.150. The Morgan fingerprint density at radius 2 is 1.77 bits per heavy atom. The van der Waals surface area contributed by atoms with Gasteiger partial charge in [-0.15, -0.1) is 0 Å². The molecule has 0 radical (unpaired) electrons. The zero-order valence-corrected chi connectivity index (χ0v) is 17.3. The largest absolute Gasteiger partial charge is 0.446 e. The second kappa shape index (κ2) is 8.82. The summed E-state index contributed by atoms with van der Waals surface area (Å²) < 4.78 is 35.3. The van der Waals surface area contributed by atoms with E-state index in [0.717, 1.165) is 0 Å². The lowest BCUT2D eigenvalue weighted by molar-refractivity contribution is 0.103. The summed E-state index contributed by atoms with van der Waals surface area (Å²) in [6.45, 7) is 0.387. The third-order valence-electron chi connectivity index (χ3n) is 2.99. The maximum Gasteiger partial charge on any atom is 0.446 e. The Hall–Kier alpha value is -1.66. The molecule has 2 N–H and O–H groups in total. The zero-order chi connectivity index (χ0) is 19.3. The van der Waals surface area contributed by atoms with Gasteiger partial charge in [-0.2, -0.15) is 18.6 Å². The Morgan fingerprint density at radius 3 is 2.27 bits per heavy atom. The summed E-state index contributed by atoms with van der Waals surface area (Å²) in [5, 5.41) is 10.7. The van der Waals surface area contributed by atoms with Crippen LogP contribution < -0.4 is 9.50 Å². The highest BCUT2D eigenvalue weighted by Crippen LogP contribution is 2.33. The van der Waals surface area contributed by atoms with Gasteiger partial charge >= 0.3 is 10.4 Å². The molecule has 26 heavy (non-hydrogen) atoms. The van der Waals surface area contributed by atoms with Gasteiger partial charge in [0, 0.05) is 14.5 Å². The van der Waals surface area contributed by atoms with Crippen molar-refractivity contribution in [1.29, 1.82) is 0 Å². The monoisotopic (exact) mass is 505 g/mol. The van der Waals surface area contributed by atoms with Crippen molar-refractivity contribution in [3.05, 3.63) is 56.5 Å². The van der Waals surface area contributed by atoms with E-state index in [0.29, 0.717) is 26.9 Å². The average Bonchev–Trinajstić information content (AvgIpc) is 2.53. The van der Waals surface area contributed by atoms with Crippen molar-refractivity contribution in [2.45, 2.75) is 0 Å². The molecular weight excluding hydrogens is 494 g/mol. The van der Waals surface area contributed by atoms with Gasteiger partial charge in [-0.25, -0.2) is 0 Å². The van der Waals surface area contributed by atoms with Crippen molar-refractivity contribution < 1.29 is 21.9 Å². The van der Waals surface area contributed by atoms with Gasteiger partial charge in [0.2, 0.25) is 0 Å². The van der Waals surface area contributed by atoms with Gasteiger partial charge in [-0.05, 0) is 75.3 Å². The van der Waals surface area contributed by atoms with E-state index < -0.39 is 10.4 Å². The first-order chi connectivity index (χ1) is 12.2. The molecule has 2 aromatic rings. The first-order valence-corrected chi connectivity index (χ1v) is 9.99. The number of hydrogen-bond donors (Lipinski definition) is 2. The number of hydrogen-bond acceptors (Lipinski definition) is 7. The molecule has 2 rings (SSSR count). The summed E-state index contributed by atoms with van der Waals surface area (Å²) >= 11 is 6.42. The number of carbonyl (C=O) groups is 1. The molecule has 0 aliphatic carbocycles. The van der Waals surface area contributed by atoms with Gasteiger partial charge in [0.25, 0.3) is 0 Å². The van der Waals surface area contributed by atoms with Gasteiger partial charge in [0.05, 0.1) is 11.3 Å². The van der Waals surface area contributed by atoms with Crippen molar-refractivity contribution >= 4 is 53.7 Å². The Bertz CT molecular complexity index is 923. The van der Waals surface area contributed by atoms with E-state index in [1.807, 2.05) is 0 Å². The standard InChI is InChI=1S/C15H13Br2N3O5S/c1-18-8-19-20-10-4-2-9(3-5-10)15(21)14-12(16)6-11(7-13(14)17)25-26(22,23)24/h2-7,18H,8H2,1H3,(H,22,23,24). The number of azo groups is 1. The summed E-state index contributed by atoms with van der Waals surface area (Å²) in [6, 6.07) is 9.07. The van der Waals surface area contributed by atoms with Crippen LogP contribution in [0.25, 0.3) is 0 Å². The third kappa shape index (κ3) is 5.68. The van der Waals surface area contributed by atoms with E-state index in [1.54, 1.807) is 31.3 Å². The molecule has 0 amide bonds. The van der Waals surface area contributed by atoms with Crippen LogP contribution in [-0.2, 0) is 10.4 Å². The number of carbonyl (C=O) groups excluding carboxylic acids is 1. The zero-order valence-electron chi connectivity index (χ0n) is 13.3. The van der Waals surface area contributed by atoms with Crippen molar-refractivity contribution in [2.24, 2.45) is 10.2 Å². The molecule has 2 aromatic carbocycles. The van der Waals surface area contributed by atoms with E-state index in [4.69, 9.17) is 4.55 Å². The van der Waals surface area contributed by atoms with Gasteiger partial charge in [0.15, 0.2) is 5.78 Å². The highest BCUT2D eigenvalue weighted by atomic mass is 79.9. The smallest absolute Gasteiger partial charge is 0.362 e. The van der Waals surface area contributed by atoms with Crippen LogP contribution >= 0.6 is 31.9 Å². The van der Waals surface area contributed by atoms with Crippen molar-refractivity contribution in [1.82, 2.24) is 5.32 Å². The molecule has 0 aromatic heterocycles. The molecule has 138 valence electrons. The van der Waals surface area contributed by atoms with Crippen LogP contribution in [-0.4, -0.2) is 32.5 Å². The molecule has 8 nitrogen and oxygen atoms in total. The van der Waals surface area contributed by atoms with Gasteiger partial charge in [-0.3, -0.25) is 14.7 Å². The van der Waals surface area contributed by atoms with Crippen LogP contribution in [0.3, 0.4) is 0 Å². The molecule has 0 saturated carbocycles. The van der Waals surface area contributed by atoms with Gasteiger partial charge < -0.3 is 4.18 Å². The summed E-state index contributed by atoms with van der Waals surface area (Å²) in [4.78, 5) is 12.7. The third-order valence-corrected chi connectivity index (χ3v) is 4.64. The van der Waals surface area contributed by atoms with Crippen LogP contribution in [0.1, 0.15) is 15.9 Å². The first-order valence-electron chi connectivity index (χ1n) is 7.04. The summed E-state index contributed by atoms with van der Waals surface area (Å²) in [7, 11) is -2.91. The number of rotatable bonds is 7. The number of benzene rings is 2. The maximum atomic E-state index is 12.7. The normalized spacial score (nSPS) is 11.7. The minimum atomic E-state index is -4.66. The predicted octanol–water partition coefficient (Wildman–Crippen LogP) is 3.88. The molecule has 0 bridgehead atoms. The average molecular weight is 507 g/mol. The molecule has 0 aliphatic rings. The van der Waals surface area contributed by atoms with Crippen molar-refractivity contribution in [3.8, 4) is 5.75 Å². The predicted molar refractivity (Wildman–Crippen MR) is 102 cm³/mol. The Labute approximate surface area is 166 Å². The van der Waals surface area contributed by atoms with E-state index >= 15 is 0 Å². The summed E-state index contributed by atoms with van der Waals surface area (Å²) in [5.74, 6) is -0.455. The lowest BCUT2D eigenvalue weighted by atomic mass is 10.0. The Kier molecular flexibility index (Phi) is 7.01. The fraction of sp³-hybridized carbons (Fsp3) is 0.133. The molecule has 0 fully saturated rings. The molecular formula is C15H13Br2N3O5S. The van der Waals surface area contributed by atoms with Gasteiger partial charge in [-0.1, -0.05) is 0 Å². The van der Waals surface area contributed by atoms with E-state index in [-0.39, 0.29) is 17.1 Å². The number of halogens is 2. The molecule has 0 unspecified atom stereocenters. The lowest BCUT2D eigenvalue weighted by Crippen LogP contribution is -2.08. The topological polar surface area (TPSA) is 117 Å². The van der Waals surface area contributed by atoms with Crippen LogP contribution in [0, 0.1) is 0 Å². The molecule has 0 spiro atoms. The molecule has 0 heterocycles. The van der Waals surface area contributed by atoms with E-state index in [9.17, 15) is 13.2 Å². The van der Waals surface area contributed by atoms with Gasteiger partial charge in [0.1, 0.15) is 12.4 Å². The van der Waals surface area contributed by atoms with Crippen LogP contribution in [0.15, 0.2) is 55.6 Å². The Balaban J connectivity index is 2.29. The van der Waals surface area contributed by atoms with Crippen molar-refractivity contribution in [3.63, 3.8) is 0 Å². The van der Waals surface area contributed by atoms with Crippen LogP contribution in [0.4, 0.5) is 5.69 Å². The number of nitrogens with one attached hydrogen (secondary N) is 1. The number of nitrogens with zero attached hydrogens (tertiary/aromatic N) is 2. The maximum absolute atomic E-state index is 12.7. The van der Waals surface area contributed by atoms with Crippen LogP contribution in [0.2, 0.25) is 0 Å². The fourth-order valence-electron chi connectivity index (χ4n) is 1.95. The first kappa shape index (κ1) is 20.6. The molecule has 0 saturated heterocycles. The SMILES string of the molecule is CNCN=Nc1ccc(C(=O)c2c(Br)cc(OS(=O)(=O)O)cc2Br)cc1.